The Bertz CT molecular complexity index is 483. The number of nitrogens with one attached hydrogen (secondary N) is 1. The Hall–Kier alpha value is -0.980. The van der Waals surface area contributed by atoms with Gasteiger partial charge >= 0.3 is 0 Å². The molecule has 1 aromatic carbocycles. The first-order chi connectivity index (χ1) is 9.08. The van der Waals surface area contributed by atoms with Gasteiger partial charge in [0.25, 0.3) is 5.91 Å². The molecule has 1 aliphatic heterocycles. The Labute approximate surface area is 132 Å². The van der Waals surface area contributed by atoms with Crippen LogP contribution in [0.1, 0.15) is 23.7 Å². The van der Waals surface area contributed by atoms with Crippen molar-refractivity contribution in [1.82, 2.24) is 5.32 Å². The molecule has 0 saturated carbocycles. The van der Waals surface area contributed by atoms with E-state index in [4.69, 9.17) is 15.2 Å². The molecule has 1 amide bonds. The molecule has 5 nitrogen and oxygen atoms in total. The molecule has 2 rings (SSSR count). The number of carbonyl (C=O) groups excluding carboxylic acids is 1. The molecule has 0 fully saturated rings. The molecule has 112 valence electrons. The number of nitrogens with two attached hydrogens (primary N) is 1. The Morgan fingerprint density at radius 1 is 1.45 bits per heavy atom. The lowest BCUT2D eigenvalue weighted by atomic mass is 10.1. The SMILES string of the molecule is CC(N)CCNC(=O)c1cc(Br)c2c(c1)OCCO2.Cl. The molecule has 3 N–H and O–H groups in total. The zero-order valence-corrected chi connectivity index (χ0v) is 13.6. The van der Waals surface area contributed by atoms with Gasteiger partial charge in [-0.2, -0.15) is 0 Å². The van der Waals surface area contributed by atoms with Crippen molar-refractivity contribution in [2.24, 2.45) is 5.73 Å². The summed E-state index contributed by atoms with van der Waals surface area (Å²) in [5.41, 5.74) is 6.18. The second-order valence-corrected chi connectivity index (χ2v) is 5.36. The number of amides is 1. The van der Waals surface area contributed by atoms with Crippen LogP contribution in [0.5, 0.6) is 11.5 Å². The van der Waals surface area contributed by atoms with E-state index >= 15 is 0 Å². The summed E-state index contributed by atoms with van der Waals surface area (Å²) >= 11 is 3.39. The van der Waals surface area contributed by atoms with Crippen molar-refractivity contribution >= 4 is 34.2 Å². The quantitative estimate of drug-likeness (QED) is 0.857. The first kappa shape index (κ1) is 17.1. The van der Waals surface area contributed by atoms with E-state index in [9.17, 15) is 4.79 Å². The number of carbonyl (C=O) groups is 1. The van der Waals surface area contributed by atoms with Crippen LogP contribution in [-0.4, -0.2) is 31.7 Å². The maximum absolute atomic E-state index is 12.0. The van der Waals surface area contributed by atoms with Crippen LogP contribution in [0.4, 0.5) is 0 Å². The van der Waals surface area contributed by atoms with Crippen LogP contribution in [0, 0.1) is 0 Å². The minimum atomic E-state index is -0.140. The van der Waals surface area contributed by atoms with Crippen molar-refractivity contribution in [3.05, 3.63) is 22.2 Å². The lowest BCUT2D eigenvalue weighted by Gasteiger charge is -2.20. The van der Waals surface area contributed by atoms with Crippen LogP contribution in [0.25, 0.3) is 0 Å². The van der Waals surface area contributed by atoms with Crippen molar-refractivity contribution < 1.29 is 14.3 Å². The van der Waals surface area contributed by atoms with E-state index in [-0.39, 0.29) is 24.4 Å². The fourth-order valence-electron chi connectivity index (χ4n) is 1.76. The highest BCUT2D eigenvalue weighted by Gasteiger charge is 2.18. The highest BCUT2D eigenvalue weighted by atomic mass is 79.9. The number of benzene rings is 1. The average Bonchev–Trinajstić information content (AvgIpc) is 2.38. The molecular weight excluding hydrogens is 348 g/mol. The van der Waals surface area contributed by atoms with Gasteiger partial charge in [0.15, 0.2) is 11.5 Å². The second-order valence-electron chi connectivity index (χ2n) is 4.50. The van der Waals surface area contributed by atoms with Gasteiger partial charge in [-0.25, -0.2) is 0 Å². The third kappa shape index (κ3) is 4.26. The molecule has 0 spiro atoms. The molecule has 0 bridgehead atoms. The van der Waals surface area contributed by atoms with Gasteiger partial charge < -0.3 is 20.5 Å². The molecule has 1 aliphatic rings. The van der Waals surface area contributed by atoms with E-state index < -0.39 is 0 Å². The third-order valence-corrected chi connectivity index (χ3v) is 3.33. The lowest BCUT2D eigenvalue weighted by Crippen LogP contribution is -2.29. The Morgan fingerprint density at radius 2 is 2.15 bits per heavy atom. The summed E-state index contributed by atoms with van der Waals surface area (Å²) in [5, 5.41) is 2.83. The lowest BCUT2D eigenvalue weighted by molar-refractivity contribution is 0.0951. The monoisotopic (exact) mass is 364 g/mol. The van der Waals surface area contributed by atoms with E-state index in [1.54, 1.807) is 12.1 Å². The van der Waals surface area contributed by atoms with Crippen molar-refractivity contribution in [1.29, 1.82) is 0 Å². The summed E-state index contributed by atoms with van der Waals surface area (Å²) in [6.45, 7) is 3.48. The molecule has 0 radical (unpaired) electrons. The number of rotatable bonds is 4. The highest BCUT2D eigenvalue weighted by Crippen LogP contribution is 2.38. The number of fused-ring (bicyclic) bond motifs is 1. The maximum Gasteiger partial charge on any atom is 0.251 e. The minimum Gasteiger partial charge on any atom is -0.486 e. The Morgan fingerprint density at radius 3 is 2.85 bits per heavy atom. The van der Waals surface area contributed by atoms with E-state index in [2.05, 4.69) is 21.2 Å². The van der Waals surface area contributed by atoms with Gasteiger partial charge in [0.2, 0.25) is 0 Å². The normalized spacial score (nSPS) is 14.2. The zero-order valence-electron chi connectivity index (χ0n) is 11.1. The van der Waals surface area contributed by atoms with E-state index in [0.29, 0.717) is 36.8 Å². The Balaban J connectivity index is 0.00000200. The largest absolute Gasteiger partial charge is 0.486 e. The van der Waals surface area contributed by atoms with Gasteiger partial charge in [-0.1, -0.05) is 0 Å². The summed E-state index contributed by atoms with van der Waals surface area (Å²) in [6.07, 6.45) is 0.747. The van der Waals surface area contributed by atoms with E-state index in [1.165, 1.54) is 0 Å². The number of hydrogen-bond acceptors (Lipinski definition) is 4. The van der Waals surface area contributed by atoms with Crippen molar-refractivity contribution in [2.45, 2.75) is 19.4 Å². The van der Waals surface area contributed by atoms with Gasteiger partial charge in [-0.15, -0.1) is 12.4 Å². The van der Waals surface area contributed by atoms with Gasteiger partial charge in [-0.05, 0) is 41.4 Å². The molecule has 1 aromatic rings. The fraction of sp³-hybridized carbons (Fsp3) is 0.462. The maximum atomic E-state index is 12.0. The van der Waals surface area contributed by atoms with Gasteiger partial charge in [0.05, 0.1) is 4.47 Å². The van der Waals surface area contributed by atoms with Crippen LogP contribution >= 0.6 is 28.3 Å². The van der Waals surface area contributed by atoms with Crippen LogP contribution in [0.3, 0.4) is 0 Å². The van der Waals surface area contributed by atoms with Crippen LogP contribution in [0.2, 0.25) is 0 Å². The second kappa shape index (κ2) is 7.71. The number of halogens is 2. The van der Waals surface area contributed by atoms with Crippen LogP contribution < -0.4 is 20.5 Å². The molecule has 1 unspecified atom stereocenters. The van der Waals surface area contributed by atoms with Gasteiger partial charge in [0, 0.05) is 18.2 Å². The first-order valence-electron chi connectivity index (χ1n) is 6.21. The molecule has 0 aromatic heterocycles. The number of hydrogen-bond donors (Lipinski definition) is 2. The molecule has 20 heavy (non-hydrogen) atoms. The summed E-state index contributed by atoms with van der Waals surface area (Å²) in [7, 11) is 0. The Kier molecular flexibility index (Phi) is 6.58. The first-order valence-corrected chi connectivity index (χ1v) is 7.00. The summed E-state index contributed by atoms with van der Waals surface area (Å²) in [5.74, 6) is 1.11. The van der Waals surface area contributed by atoms with E-state index in [0.717, 1.165) is 10.9 Å². The molecule has 1 atom stereocenters. The predicted octanol–water partition coefficient (Wildman–Crippen LogP) is 2.11. The third-order valence-electron chi connectivity index (χ3n) is 2.74. The molecular formula is C13H18BrClN2O3. The number of ether oxygens (including phenoxy) is 2. The summed E-state index contributed by atoms with van der Waals surface area (Å²) < 4.78 is 11.7. The van der Waals surface area contributed by atoms with Gasteiger partial charge in [-0.3, -0.25) is 4.79 Å². The molecule has 1 heterocycles. The minimum absolute atomic E-state index is 0. The van der Waals surface area contributed by atoms with Crippen LogP contribution in [0.15, 0.2) is 16.6 Å². The van der Waals surface area contributed by atoms with Crippen molar-refractivity contribution in [2.75, 3.05) is 19.8 Å². The molecule has 0 saturated heterocycles. The van der Waals surface area contributed by atoms with Gasteiger partial charge in [0.1, 0.15) is 13.2 Å². The highest BCUT2D eigenvalue weighted by molar-refractivity contribution is 9.10. The smallest absolute Gasteiger partial charge is 0.251 e. The standard InChI is InChI=1S/C13H17BrN2O3.ClH/c1-8(15)2-3-16-13(17)9-6-10(14)12-11(7-9)18-4-5-19-12;/h6-8H,2-5,15H2,1H3,(H,16,17);1H. The topological polar surface area (TPSA) is 73.6 Å². The molecule has 0 aliphatic carbocycles. The fourth-order valence-corrected chi connectivity index (χ4v) is 2.31. The van der Waals surface area contributed by atoms with Crippen molar-refractivity contribution in [3.8, 4) is 11.5 Å². The summed E-state index contributed by atoms with van der Waals surface area (Å²) in [4.78, 5) is 12.0. The van der Waals surface area contributed by atoms with E-state index in [1.807, 2.05) is 6.92 Å². The zero-order chi connectivity index (χ0) is 13.8. The van der Waals surface area contributed by atoms with Crippen molar-refractivity contribution in [3.63, 3.8) is 0 Å². The molecule has 7 heteroatoms. The van der Waals surface area contributed by atoms with Crippen LogP contribution in [-0.2, 0) is 0 Å². The predicted molar refractivity (Wildman–Crippen MR) is 83.0 cm³/mol. The average molecular weight is 366 g/mol. The summed E-state index contributed by atoms with van der Waals surface area (Å²) in [6, 6.07) is 3.50.